The summed E-state index contributed by atoms with van der Waals surface area (Å²) in [6, 6.07) is 3.47. The van der Waals surface area contributed by atoms with Gasteiger partial charge in [-0.05, 0) is 37.6 Å². The maximum absolute atomic E-state index is 13.3. The highest BCUT2D eigenvalue weighted by atomic mass is 35.5. The molecule has 10 heteroatoms. The number of halogens is 2. The smallest absolute Gasteiger partial charge is 0.335 e. The summed E-state index contributed by atoms with van der Waals surface area (Å²) in [6.07, 6.45) is 1.75. The molecule has 0 saturated carbocycles. The molecule has 0 amide bonds. The van der Waals surface area contributed by atoms with Crippen molar-refractivity contribution < 1.29 is 31.8 Å². The van der Waals surface area contributed by atoms with Gasteiger partial charge in [-0.3, -0.25) is 4.72 Å². The summed E-state index contributed by atoms with van der Waals surface area (Å²) in [6.45, 7) is 2.44. The predicted octanol–water partition coefficient (Wildman–Crippen LogP) is 2.62. The summed E-state index contributed by atoms with van der Waals surface area (Å²) in [5, 5.41) is -1.38. The van der Waals surface area contributed by atoms with Crippen molar-refractivity contribution >= 4 is 33.3 Å². The van der Waals surface area contributed by atoms with Crippen molar-refractivity contribution in [3.8, 4) is 0 Å². The van der Waals surface area contributed by atoms with Crippen LogP contribution >= 0.6 is 11.6 Å². The fourth-order valence-electron chi connectivity index (χ4n) is 3.11. The predicted molar refractivity (Wildman–Crippen MR) is 96.3 cm³/mol. The van der Waals surface area contributed by atoms with E-state index in [1.807, 2.05) is 0 Å². The molecule has 7 nitrogen and oxygen atoms in total. The highest BCUT2D eigenvalue weighted by molar-refractivity contribution is 7.93. The van der Waals surface area contributed by atoms with Crippen molar-refractivity contribution in [1.29, 1.82) is 0 Å². The number of rotatable bonds is 5. The minimum absolute atomic E-state index is 0.0503. The van der Waals surface area contributed by atoms with Crippen LogP contribution in [0.3, 0.4) is 0 Å². The van der Waals surface area contributed by atoms with E-state index in [1.54, 1.807) is 6.92 Å². The Morgan fingerprint density at radius 1 is 1.41 bits per heavy atom. The van der Waals surface area contributed by atoms with Crippen LogP contribution in [-0.4, -0.2) is 45.2 Å². The fraction of sp³-hybridized carbons (Fsp3) is 0.471. The molecule has 1 fully saturated rings. The number of nitrogens with one attached hydrogen (secondary N) is 1. The Hall–Kier alpha value is -1.68. The lowest BCUT2D eigenvalue weighted by Gasteiger charge is -2.33. The zero-order valence-electron chi connectivity index (χ0n) is 14.5. The third kappa shape index (κ3) is 4.26. The van der Waals surface area contributed by atoms with Gasteiger partial charge in [0.05, 0.1) is 36.1 Å². The molecule has 1 heterocycles. The normalized spacial score (nSPS) is 21.7. The molecule has 27 heavy (non-hydrogen) atoms. The molecule has 1 aliphatic carbocycles. The van der Waals surface area contributed by atoms with E-state index >= 15 is 0 Å². The molecule has 3 rings (SSSR count). The second-order valence-electron chi connectivity index (χ2n) is 6.13. The second kappa shape index (κ2) is 7.75. The Morgan fingerprint density at radius 3 is 2.74 bits per heavy atom. The van der Waals surface area contributed by atoms with Crippen LogP contribution in [0.2, 0.25) is 5.02 Å². The third-order valence-corrected chi connectivity index (χ3v) is 6.37. The first-order chi connectivity index (χ1) is 12.8. The molecule has 1 saturated heterocycles. The standard InChI is InChI=1S/C17H19ClFNO6S/c1-2-24-16(21)12-10-17(25-7-8-26-17)6-5-15(12)27(22,23)20-11-3-4-14(19)13(18)9-11/h3-4,9-10,15,20H,2,5-8H2,1H3. The maximum Gasteiger partial charge on any atom is 0.335 e. The van der Waals surface area contributed by atoms with Crippen LogP contribution in [0.5, 0.6) is 0 Å². The SMILES string of the molecule is CCOC(=O)C1=CC2(CCC1S(=O)(=O)Nc1ccc(F)c(Cl)c1)OCCO2. The first-order valence-corrected chi connectivity index (χ1v) is 10.3. The average molecular weight is 420 g/mol. The monoisotopic (exact) mass is 419 g/mol. The van der Waals surface area contributed by atoms with E-state index < -0.39 is 32.8 Å². The van der Waals surface area contributed by atoms with Crippen LogP contribution in [0, 0.1) is 5.82 Å². The van der Waals surface area contributed by atoms with E-state index in [0.717, 1.165) is 12.1 Å². The van der Waals surface area contributed by atoms with Gasteiger partial charge >= 0.3 is 5.97 Å². The van der Waals surface area contributed by atoms with Gasteiger partial charge in [0.2, 0.25) is 10.0 Å². The Bertz CT molecular complexity index is 866. The molecular formula is C17H19ClFNO6S. The summed E-state index contributed by atoms with van der Waals surface area (Å²) >= 11 is 5.70. The minimum Gasteiger partial charge on any atom is -0.463 e. The zero-order chi connectivity index (χ0) is 19.7. The quantitative estimate of drug-likeness (QED) is 0.738. The average Bonchev–Trinajstić information content (AvgIpc) is 3.05. The molecule has 148 valence electrons. The lowest BCUT2D eigenvalue weighted by Crippen LogP contribution is -2.42. The highest BCUT2D eigenvalue weighted by Gasteiger charge is 2.46. The van der Waals surface area contributed by atoms with Gasteiger partial charge in [0.25, 0.3) is 0 Å². The molecule has 1 spiro atoms. The molecular weight excluding hydrogens is 401 g/mol. The van der Waals surface area contributed by atoms with Crippen molar-refractivity contribution in [2.24, 2.45) is 0 Å². The lowest BCUT2D eigenvalue weighted by atomic mass is 9.94. The Morgan fingerprint density at radius 2 is 2.11 bits per heavy atom. The fourth-order valence-corrected chi connectivity index (χ4v) is 4.82. The highest BCUT2D eigenvalue weighted by Crippen LogP contribution is 2.37. The number of hydrogen-bond acceptors (Lipinski definition) is 6. The number of ether oxygens (including phenoxy) is 3. The van der Waals surface area contributed by atoms with Gasteiger partial charge in [-0.2, -0.15) is 0 Å². The number of esters is 1. The molecule has 1 unspecified atom stereocenters. The van der Waals surface area contributed by atoms with Gasteiger partial charge in [0.15, 0.2) is 5.79 Å². The van der Waals surface area contributed by atoms with Gasteiger partial charge in [-0.15, -0.1) is 0 Å². The number of hydrogen-bond donors (Lipinski definition) is 1. The van der Waals surface area contributed by atoms with E-state index in [-0.39, 0.29) is 35.7 Å². The van der Waals surface area contributed by atoms with E-state index in [9.17, 15) is 17.6 Å². The molecule has 0 radical (unpaired) electrons. The van der Waals surface area contributed by atoms with Crippen molar-refractivity contribution in [2.75, 3.05) is 24.5 Å². The molecule has 1 N–H and O–H groups in total. The van der Waals surface area contributed by atoms with Crippen LogP contribution in [0.4, 0.5) is 10.1 Å². The molecule has 1 aromatic carbocycles. The van der Waals surface area contributed by atoms with Crippen molar-refractivity contribution in [3.63, 3.8) is 0 Å². The molecule has 1 atom stereocenters. The first-order valence-electron chi connectivity index (χ1n) is 8.41. The molecule has 0 bridgehead atoms. The van der Waals surface area contributed by atoms with Crippen LogP contribution in [-0.2, 0) is 29.0 Å². The second-order valence-corrected chi connectivity index (χ2v) is 8.40. The lowest BCUT2D eigenvalue weighted by molar-refractivity contribution is -0.143. The van der Waals surface area contributed by atoms with Gasteiger partial charge in [0, 0.05) is 6.42 Å². The first kappa shape index (κ1) is 20.1. The van der Waals surface area contributed by atoms with Crippen molar-refractivity contribution in [1.82, 2.24) is 0 Å². The van der Waals surface area contributed by atoms with E-state index in [2.05, 4.69) is 4.72 Å². The van der Waals surface area contributed by atoms with E-state index in [4.69, 9.17) is 25.8 Å². The Kier molecular flexibility index (Phi) is 5.76. The number of carbonyl (C=O) groups excluding carboxylic acids is 1. The largest absolute Gasteiger partial charge is 0.463 e. The van der Waals surface area contributed by atoms with Crippen molar-refractivity contribution in [3.05, 3.63) is 40.7 Å². The van der Waals surface area contributed by atoms with Gasteiger partial charge in [-0.25, -0.2) is 17.6 Å². The van der Waals surface area contributed by atoms with Gasteiger partial charge < -0.3 is 14.2 Å². The molecule has 1 aliphatic heterocycles. The number of carbonyl (C=O) groups is 1. The van der Waals surface area contributed by atoms with Crippen LogP contribution in [0.15, 0.2) is 29.8 Å². The zero-order valence-corrected chi connectivity index (χ0v) is 16.1. The molecule has 2 aliphatic rings. The summed E-state index contributed by atoms with van der Waals surface area (Å²) in [5.41, 5.74) is 0.0453. The molecule has 0 aromatic heterocycles. The number of benzene rings is 1. The molecule has 1 aromatic rings. The Labute approximate surface area is 161 Å². The van der Waals surface area contributed by atoms with Gasteiger partial charge in [0.1, 0.15) is 11.1 Å². The number of anilines is 1. The van der Waals surface area contributed by atoms with Crippen LogP contribution in [0.1, 0.15) is 19.8 Å². The minimum atomic E-state index is -4.04. The van der Waals surface area contributed by atoms with E-state index in [0.29, 0.717) is 13.2 Å². The van der Waals surface area contributed by atoms with Crippen LogP contribution in [0.25, 0.3) is 0 Å². The number of sulfonamides is 1. The van der Waals surface area contributed by atoms with Crippen LogP contribution < -0.4 is 4.72 Å². The maximum atomic E-state index is 13.3. The van der Waals surface area contributed by atoms with Crippen molar-refractivity contribution in [2.45, 2.75) is 30.8 Å². The summed E-state index contributed by atoms with van der Waals surface area (Å²) in [5.74, 6) is -2.52. The van der Waals surface area contributed by atoms with E-state index in [1.165, 1.54) is 12.1 Å². The van der Waals surface area contributed by atoms with Gasteiger partial charge in [-0.1, -0.05) is 11.6 Å². The summed E-state index contributed by atoms with van der Waals surface area (Å²) in [4.78, 5) is 12.4. The third-order valence-electron chi connectivity index (χ3n) is 4.32. The summed E-state index contributed by atoms with van der Waals surface area (Å²) < 4.78 is 57.6. The summed E-state index contributed by atoms with van der Waals surface area (Å²) in [7, 11) is -4.04. The Balaban J connectivity index is 1.92. The topological polar surface area (TPSA) is 90.9 Å².